The lowest BCUT2D eigenvalue weighted by Crippen LogP contribution is -2.45. The summed E-state index contributed by atoms with van der Waals surface area (Å²) in [6.07, 6.45) is 5.87. The number of nitrogens with two attached hydrogens (primary N) is 1. The van der Waals surface area contributed by atoms with E-state index in [9.17, 15) is 8.42 Å². The minimum Gasteiger partial charge on any atom is -0.374 e. The van der Waals surface area contributed by atoms with Gasteiger partial charge in [0.2, 0.25) is 16.0 Å². The molecule has 4 N–H and O–H groups in total. The number of aromatic amines is 1. The highest BCUT2D eigenvalue weighted by atomic mass is 35.5. The largest absolute Gasteiger partial charge is 0.374 e. The number of hydrogen-bond donors (Lipinski definition) is 3. The molecule has 0 bridgehead atoms. The van der Waals surface area contributed by atoms with Gasteiger partial charge in [-0.3, -0.25) is 4.99 Å². The van der Waals surface area contributed by atoms with Crippen LogP contribution >= 0.6 is 11.6 Å². The zero-order valence-electron chi connectivity index (χ0n) is 23.4. The van der Waals surface area contributed by atoms with Crippen molar-refractivity contribution in [1.82, 2.24) is 24.2 Å². The van der Waals surface area contributed by atoms with E-state index in [2.05, 4.69) is 20.3 Å². The summed E-state index contributed by atoms with van der Waals surface area (Å²) >= 11 is 5.96. The maximum Gasteiger partial charge on any atom is 0.243 e. The number of dihydropyridines is 1. The smallest absolute Gasteiger partial charge is 0.243 e. The van der Waals surface area contributed by atoms with Gasteiger partial charge in [0.05, 0.1) is 16.3 Å². The quantitative estimate of drug-likeness (QED) is 0.265. The van der Waals surface area contributed by atoms with Gasteiger partial charge in [0.15, 0.2) is 0 Å². The maximum atomic E-state index is 13.3. The Balaban J connectivity index is 1.28. The van der Waals surface area contributed by atoms with Crippen molar-refractivity contribution in [3.05, 3.63) is 83.7 Å². The van der Waals surface area contributed by atoms with Crippen LogP contribution in [0.4, 0.5) is 5.95 Å². The number of aliphatic imine (C=N–C) groups is 1. The van der Waals surface area contributed by atoms with Gasteiger partial charge in [-0.05, 0) is 49.2 Å². The summed E-state index contributed by atoms with van der Waals surface area (Å²) in [7, 11) is -2.07. The molecule has 3 atom stereocenters. The molecule has 6 rings (SSSR count). The number of piperidine rings is 1. The van der Waals surface area contributed by atoms with E-state index in [1.165, 1.54) is 16.4 Å². The molecule has 2 aliphatic heterocycles. The Morgan fingerprint density at radius 3 is 2.65 bits per heavy atom. The Morgan fingerprint density at radius 2 is 1.88 bits per heavy atom. The lowest BCUT2D eigenvalue weighted by atomic mass is 10.0. The van der Waals surface area contributed by atoms with Crippen LogP contribution < -0.4 is 11.1 Å². The molecule has 1 saturated heterocycles. The first-order chi connectivity index (χ1) is 20.8. The first-order valence-corrected chi connectivity index (χ1v) is 15.7. The van der Waals surface area contributed by atoms with Crippen LogP contribution in [0.5, 0.6) is 0 Å². The lowest BCUT2D eigenvalue weighted by molar-refractivity contribution is 0.120. The minimum absolute atomic E-state index is 0.179. The monoisotopic (exact) mass is 618 g/mol. The normalized spacial score (nSPS) is 21.0. The van der Waals surface area contributed by atoms with Crippen LogP contribution in [0.2, 0.25) is 5.02 Å². The van der Waals surface area contributed by atoms with E-state index in [-0.39, 0.29) is 17.5 Å². The van der Waals surface area contributed by atoms with Crippen molar-refractivity contribution in [2.75, 3.05) is 25.5 Å². The highest BCUT2D eigenvalue weighted by Gasteiger charge is 2.31. The van der Waals surface area contributed by atoms with Crippen molar-refractivity contribution in [1.29, 1.82) is 0 Å². The summed E-state index contributed by atoms with van der Waals surface area (Å²) < 4.78 is 33.6. The lowest BCUT2D eigenvalue weighted by Gasteiger charge is -2.32. The van der Waals surface area contributed by atoms with Crippen molar-refractivity contribution in [3.8, 4) is 22.8 Å². The molecule has 1 fully saturated rings. The summed E-state index contributed by atoms with van der Waals surface area (Å²) in [5.74, 6) is 1.05. The number of rotatable bonds is 8. The molecule has 2 aromatic carbocycles. The number of nitrogens with one attached hydrogen (secondary N) is 2. The van der Waals surface area contributed by atoms with Crippen molar-refractivity contribution < 1.29 is 13.2 Å². The molecule has 4 heterocycles. The third kappa shape index (κ3) is 6.24. The SMILES string of the molecule is COC1C=C(c2[nH]c(-c3ccccc3)nc2-c2ccnc(N[C@@H]3CCCN(S(=O)(=O)c4ccc(Cl)cc4)C3)n2)C=NC1N. The molecule has 11 nitrogen and oxygen atoms in total. The van der Waals surface area contributed by atoms with Crippen LogP contribution in [-0.2, 0) is 14.8 Å². The van der Waals surface area contributed by atoms with Gasteiger partial charge in [-0.15, -0.1) is 0 Å². The van der Waals surface area contributed by atoms with Gasteiger partial charge in [0, 0.05) is 54.8 Å². The third-order valence-corrected chi connectivity index (χ3v) is 9.58. The Morgan fingerprint density at radius 1 is 1.09 bits per heavy atom. The predicted octanol–water partition coefficient (Wildman–Crippen LogP) is 4.22. The molecule has 2 aliphatic rings. The Hall–Kier alpha value is -3.94. The Bertz CT molecular complexity index is 1760. The molecule has 0 aliphatic carbocycles. The van der Waals surface area contributed by atoms with E-state index >= 15 is 0 Å². The number of allylic oxidation sites excluding steroid dienone is 1. The summed E-state index contributed by atoms with van der Waals surface area (Å²) in [4.78, 5) is 22.2. The zero-order chi connectivity index (χ0) is 30.0. The van der Waals surface area contributed by atoms with E-state index in [4.69, 9.17) is 32.0 Å². The van der Waals surface area contributed by atoms with Gasteiger partial charge < -0.3 is 20.8 Å². The second-order valence-electron chi connectivity index (χ2n) is 10.3. The second kappa shape index (κ2) is 12.3. The number of benzene rings is 2. The zero-order valence-corrected chi connectivity index (χ0v) is 25.0. The highest BCUT2D eigenvalue weighted by Crippen LogP contribution is 2.31. The van der Waals surface area contributed by atoms with E-state index in [0.717, 1.165) is 23.3 Å². The molecule has 2 aromatic heterocycles. The fraction of sp³-hybridized carbons (Fsp3) is 0.267. The topological polar surface area (TPSA) is 151 Å². The van der Waals surface area contributed by atoms with Crippen LogP contribution in [0.25, 0.3) is 28.3 Å². The summed E-state index contributed by atoms with van der Waals surface area (Å²) in [5, 5.41) is 3.83. The molecule has 0 radical (unpaired) electrons. The number of ether oxygens (including phenoxy) is 1. The van der Waals surface area contributed by atoms with Crippen molar-refractivity contribution in [3.63, 3.8) is 0 Å². The van der Waals surface area contributed by atoms with Crippen LogP contribution in [0, 0.1) is 0 Å². The van der Waals surface area contributed by atoms with Crippen LogP contribution in [0.1, 0.15) is 18.5 Å². The fourth-order valence-corrected chi connectivity index (χ4v) is 6.85. The molecular formula is C30H31ClN8O3S. The molecule has 2 unspecified atom stereocenters. The van der Waals surface area contributed by atoms with E-state index < -0.39 is 22.3 Å². The van der Waals surface area contributed by atoms with E-state index in [1.807, 2.05) is 36.4 Å². The van der Waals surface area contributed by atoms with E-state index in [1.54, 1.807) is 37.7 Å². The standard InChI is InChI=1S/C30H31ClN8O3S/c1-42-25-16-20(17-34-28(25)32)26-27(38-29(37-26)19-6-3-2-4-7-19)24-13-14-33-30(36-24)35-22-8-5-15-39(18-22)43(40,41)23-11-9-21(31)10-12-23/h2-4,6-7,9-14,16-17,22,25,28H,5,8,15,18,32H2,1H3,(H,37,38)(H,33,35,36)/t22-,25?,28?/m1/s1. The summed E-state index contributed by atoms with van der Waals surface area (Å²) in [6, 6.07) is 17.6. The molecule has 0 amide bonds. The molecule has 222 valence electrons. The summed E-state index contributed by atoms with van der Waals surface area (Å²) in [6.45, 7) is 0.720. The van der Waals surface area contributed by atoms with Gasteiger partial charge >= 0.3 is 0 Å². The van der Waals surface area contributed by atoms with Gasteiger partial charge in [0.25, 0.3) is 0 Å². The third-order valence-electron chi connectivity index (χ3n) is 7.45. The van der Waals surface area contributed by atoms with Crippen molar-refractivity contribution in [2.24, 2.45) is 10.7 Å². The average molecular weight is 619 g/mol. The number of aromatic nitrogens is 4. The first-order valence-electron chi connectivity index (χ1n) is 13.9. The number of anilines is 1. The van der Waals surface area contributed by atoms with Crippen molar-refractivity contribution >= 4 is 39.4 Å². The minimum atomic E-state index is -3.67. The van der Waals surface area contributed by atoms with Gasteiger partial charge in [-0.1, -0.05) is 41.9 Å². The second-order valence-corrected chi connectivity index (χ2v) is 12.7. The van der Waals surface area contributed by atoms with Crippen LogP contribution in [0.15, 0.2) is 82.8 Å². The number of imidazole rings is 1. The number of sulfonamides is 1. The highest BCUT2D eigenvalue weighted by molar-refractivity contribution is 7.89. The molecule has 4 aromatic rings. The number of methoxy groups -OCH3 is 1. The van der Waals surface area contributed by atoms with Crippen molar-refractivity contribution in [2.45, 2.75) is 36.0 Å². The van der Waals surface area contributed by atoms with Gasteiger partial charge in [-0.25, -0.2) is 23.4 Å². The molecule has 13 heteroatoms. The Kier molecular flexibility index (Phi) is 8.37. The maximum absolute atomic E-state index is 13.3. The molecule has 0 saturated carbocycles. The Labute approximate surface area is 255 Å². The number of halogens is 1. The van der Waals surface area contributed by atoms with Gasteiger partial charge in [-0.2, -0.15) is 4.31 Å². The molecule has 0 spiro atoms. The first kappa shape index (κ1) is 29.1. The fourth-order valence-electron chi connectivity index (χ4n) is 5.20. The summed E-state index contributed by atoms with van der Waals surface area (Å²) in [5.41, 5.74) is 9.71. The van der Waals surface area contributed by atoms with Crippen LogP contribution in [-0.4, -0.2) is 77.4 Å². The van der Waals surface area contributed by atoms with Crippen LogP contribution in [0.3, 0.4) is 0 Å². The number of hydrogen-bond acceptors (Lipinski definition) is 9. The molecule has 43 heavy (non-hydrogen) atoms. The molecular weight excluding hydrogens is 588 g/mol. The van der Waals surface area contributed by atoms with E-state index in [0.29, 0.717) is 41.1 Å². The average Bonchev–Trinajstić information content (AvgIpc) is 3.48. The number of nitrogens with zero attached hydrogens (tertiary/aromatic N) is 5. The van der Waals surface area contributed by atoms with Gasteiger partial charge in [0.1, 0.15) is 23.8 Å². The predicted molar refractivity (Wildman–Crippen MR) is 167 cm³/mol. The number of H-pyrrole nitrogens is 1.